The Labute approximate surface area is 219 Å². The smallest absolute Gasteiger partial charge is 0.306 e. The van der Waals surface area contributed by atoms with Gasteiger partial charge < -0.3 is 10.2 Å². The van der Waals surface area contributed by atoms with Crippen molar-refractivity contribution in [2.75, 3.05) is 0 Å². The van der Waals surface area contributed by atoms with E-state index in [4.69, 9.17) is 4.74 Å². The molecule has 0 aromatic heterocycles. The van der Waals surface area contributed by atoms with Crippen molar-refractivity contribution in [2.45, 2.75) is 98.4 Å². The minimum atomic E-state index is -2.97. The van der Waals surface area contributed by atoms with Gasteiger partial charge in [-0.15, -0.1) is 0 Å². The molecule has 1 rings (SSSR count). The molecule has 0 amide bonds. The summed E-state index contributed by atoms with van der Waals surface area (Å²) in [6, 6.07) is 0.462. The number of esters is 1. The predicted octanol–water partition coefficient (Wildman–Crippen LogP) is 8.22. The van der Waals surface area contributed by atoms with Crippen molar-refractivity contribution in [3.63, 3.8) is 0 Å². The third-order valence-electron chi connectivity index (χ3n) is 5.22. The minimum absolute atomic E-state index is 0.0936. The van der Waals surface area contributed by atoms with Crippen molar-refractivity contribution in [3.05, 3.63) is 71.4 Å². The topological polar surface area (TPSA) is 50.7 Å². The van der Waals surface area contributed by atoms with E-state index in [9.17, 15) is 13.6 Å². The van der Waals surface area contributed by atoms with Gasteiger partial charge in [-0.05, 0) is 51.7 Å². The summed E-state index contributed by atoms with van der Waals surface area (Å²) >= 11 is 0. The van der Waals surface area contributed by atoms with Gasteiger partial charge in [0.25, 0.3) is 5.66 Å². The third-order valence-corrected chi connectivity index (χ3v) is 5.55. The van der Waals surface area contributed by atoms with Gasteiger partial charge in [-0.1, -0.05) is 91.1 Å². The van der Waals surface area contributed by atoms with E-state index in [0.717, 1.165) is 30.5 Å². The summed E-state index contributed by atoms with van der Waals surface area (Å²) < 4.78 is 32.0. The van der Waals surface area contributed by atoms with Gasteiger partial charge in [0.2, 0.25) is 0 Å². The summed E-state index contributed by atoms with van der Waals surface area (Å²) in [4.78, 5) is 11.5. The minimum Gasteiger partial charge on any atom is -0.457 e. The highest BCUT2D eigenvalue weighted by molar-refractivity contribution is 7.18. The second-order valence-corrected chi connectivity index (χ2v) is 9.09. The summed E-state index contributed by atoms with van der Waals surface area (Å²) in [5.74, 6) is -0.288. The number of ether oxygens (including phenoxy) is 1. The molecule has 1 heterocycles. The molecule has 0 aromatic rings. The maximum atomic E-state index is 13.3. The van der Waals surface area contributed by atoms with Crippen LogP contribution in [0.2, 0.25) is 0 Å². The van der Waals surface area contributed by atoms with Gasteiger partial charge in [0.1, 0.15) is 6.10 Å². The summed E-state index contributed by atoms with van der Waals surface area (Å²) in [7, 11) is 1.52. The number of nitrogens with one attached hydrogen (secondary N) is 1. The number of hydrogen-bond donors (Lipinski definition) is 1. The lowest BCUT2D eigenvalue weighted by Gasteiger charge is -2.19. The highest BCUT2D eigenvalue weighted by Crippen LogP contribution is 2.32. The molecular formula is C29H45F2N2O2P. The first-order chi connectivity index (χ1) is 17.1. The fourth-order valence-electron chi connectivity index (χ4n) is 3.26. The Bertz CT molecular complexity index is 878. The van der Waals surface area contributed by atoms with Crippen molar-refractivity contribution < 1.29 is 18.3 Å². The average molecular weight is 523 g/mol. The first kappa shape index (κ1) is 33.7. The zero-order valence-corrected chi connectivity index (χ0v) is 24.1. The zero-order chi connectivity index (χ0) is 27.6. The van der Waals surface area contributed by atoms with Crippen LogP contribution in [0.3, 0.4) is 0 Å². The maximum Gasteiger partial charge on any atom is 0.306 e. The number of alkyl halides is 2. The number of halogens is 2. The van der Waals surface area contributed by atoms with Crippen molar-refractivity contribution in [1.82, 2.24) is 5.43 Å². The molecule has 3 atom stereocenters. The highest BCUT2D eigenvalue weighted by atomic mass is 31.0. The van der Waals surface area contributed by atoms with Crippen molar-refractivity contribution in [3.8, 4) is 0 Å². The maximum absolute atomic E-state index is 13.3. The molecule has 0 spiro atoms. The Morgan fingerprint density at radius 2 is 1.89 bits per heavy atom. The second-order valence-electron chi connectivity index (χ2n) is 8.36. The fourth-order valence-corrected chi connectivity index (χ4v) is 3.52. The molecule has 7 heteroatoms. The zero-order valence-electron chi connectivity index (χ0n) is 23.0. The lowest BCUT2D eigenvalue weighted by molar-refractivity contribution is -0.147. The Morgan fingerprint density at radius 1 is 1.19 bits per heavy atom. The molecule has 202 valence electrons. The first-order valence-corrected chi connectivity index (χ1v) is 13.3. The standard InChI is InChI=1S/C16H25F2O2P.C13H20N2/c1-5-9-14(20-15(19)8-4)12(6-2)10-11-13(7-3)16(17,18)21;1-4-6-7-9-12(8-5-2)13-10-11(3)14-15-13/h6-7,10-11,14H,5,8-9,21H2,1-4H3;5-9,11,14H,4,10H2,1-3H3/b11-10-,12-6+,13-7+;7-6+,8-5-,12-9+. The molecule has 36 heavy (non-hydrogen) atoms. The van der Waals surface area contributed by atoms with E-state index in [1.807, 2.05) is 13.8 Å². The summed E-state index contributed by atoms with van der Waals surface area (Å²) in [5, 5.41) is 4.33. The summed E-state index contributed by atoms with van der Waals surface area (Å²) in [5.41, 5.74) is 3.12. The van der Waals surface area contributed by atoms with Gasteiger partial charge in [0.15, 0.2) is 0 Å². The van der Waals surface area contributed by atoms with E-state index in [0.29, 0.717) is 18.9 Å². The van der Waals surface area contributed by atoms with Crippen LogP contribution in [0.1, 0.15) is 80.6 Å². The van der Waals surface area contributed by atoms with E-state index in [2.05, 4.69) is 54.8 Å². The van der Waals surface area contributed by atoms with E-state index >= 15 is 0 Å². The van der Waals surface area contributed by atoms with Crippen LogP contribution in [0.5, 0.6) is 0 Å². The van der Waals surface area contributed by atoms with Gasteiger partial charge in [0, 0.05) is 24.5 Å². The first-order valence-electron chi connectivity index (χ1n) is 12.8. The van der Waals surface area contributed by atoms with E-state index in [-0.39, 0.29) is 17.6 Å². The molecule has 4 nitrogen and oxygen atoms in total. The van der Waals surface area contributed by atoms with Crippen LogP contribution >= 0.6 is 9.24 Å². The normalized spacial score (nSPS) is 18.3. The van der Waals surface area contributed by atoms with Crippen molar-refractivity contribution in [1.29, 1.82) is 0 Å². The van der Waals surface area contributed by atoms with Crippen LogP contribution in [0.25, 0.3) is 0 Å². The fraction of sp³-hybridized carbons (Fsp3) is 0.517. The van der Waals surface area contributed by atoms with E-state index in [1.54, 1.807) is 32.9 Å². The molecular weight excluding hydrogens is 477 g/mol. The molecule has 1 aliphatic heterocycles. The number of allylic oxidation sites excluding steroid dienone is 10. The number of carbonyl (C=O) groups is 1. The van der Waals surface area contributed by atoms with E-state index < -0.39 is 5.66 Å². The highest BCUT2D eigenvalue weighted by Gasteiger charge is 2.25. The lowest BCUT2D eigenvalue weighted by Crippen LogP contribution is -2.19. The SMILES string of the molecule is C\C=C(/C=C\C(=C/C)C(F)(F)P)C(CCC)OC(=O)CC.C\C=C/C(=C\C=C\CC)C1=NNC(C)C1. The quantitative estimate of drug-likeness (QED) is 0.160. The predicted molar refractivity (Wildman–Crippen MR) is 153 cm³/mol. The monoisotopic (exact) mass is 522 g/mol. The largest absolute Gasteiger partial charge is 0.457 e. The molecule has 0 aliphatic carbocycles. The molecule has 0 fully saturated rings. The summed E-state index contributed by atoms with van der Waals surface area (Å²) in [6.07, 6.45) is 20.1. The van der Waals surface area contributed by atoms with Gasteiger partial charge in [-0.25, -0.2) is 0 Å². The van der Waals surface area contributed by atoms with Crippen LogP contribution < -0.4 is 5.43 Å². The molecule has 0 saturated heterocycles. The molecule has 0 radical (unpaired) electrons. The van der Waals surface area contributed by atoms with Crippen molar-refractivity contribution >= 4 is 20.9 Å². The van der Waals surface area contributed by atoms with Gasteiger partial charge >= 0.3 is 5.97 Å². The van der Waals surface area contributed by atoms with Crippen molar-refractivity contribution in [2.24, 2.45) is 5.10 Å². The number of hydrazone groups is 1. The van der Waals surface area contributed by atoms with Crippen LogP contribution in [0, 0.1) is 0 Å². The molecule has 0 aromatic carbocycles. The average Bonchev–Trinajstić information content (AvgIpc) is 3.27. The lowest BCUT2D eigenvalue weighted by atomic mass is 10.0. The van der Waals surface area contributed by atoms with Gasteiger partial charge in [0.05, 0.1) is 5.71 Å². The Kier molecular flexibility index (Phi) is 17.6. The Balaban J connectivity index is 0.000000717. The van der Waals surface area contributed by atoms with Crippen LogP contribution in [-0.2, 0) is 9.53 Å². The van der Waals surface area contributed by atoms with Crippen LogP contribution in [0.15, 0.2) is 76.5 Å². The Morgan fingerprint density at radius 3 is 2.33 bits per heavy atom. The summed E-state index contributed by atoms with van der Waals surface area (Å²) in [6.45, 7) is 13.4. The molecule has 3 unspecified atom stereocenters. The number of carbonyl (C=O) groups excluding carboxylic acids is 1. The third kappa shape index (κ3) is 13.7. The molecule has 0 bridgehead atoms. The Hall–Kier alpha value is -2.33. The van der Waals surface area contributed by atoms with Crippen LogP contribution in [-0.4, -0.2) is 29.5 Å². The van der Waals surface area contributed by atoms with Crippen LogP contribution in [0.4, 0.5) is 8.78 Å². The second kappa shape index (κ2) is 18.9. The van der Waals surface area contributed by atoms with E-state index in [1.165, 1.54) is 27.0 Å². The number of hydrogen-bond acceptors (Lipinski definition) is 4. The van der Waals surface area contributed by atoms with Gasteiger partial charge in [-0.2, -0.15) is 13.9 Å². The number of rotatable bonds is 12. The number of nitrogens with zero attached hydrogens (tertiary/aromatic N) is 1. The molecule has 1 aliphatic rings. The molecule has 0 saturated carbocycles. The van der Waals surface area contributed by atoms with Gasteiger partial charge in [-0.3, -0.25) is 4.79 Å². The molecule has 1 N–H and O–H groups in total.